The van der Waals surface area contributed by atoms with Crippen molar-refractivity contribution in [2.45, 2.75) is 25.4 Å². The SMILES string of the molecule is O=C(NCCCCc1ccncc1)c1cc(-c2ccccc2)on1.O=C(O)C(F)(F)F. The maximum atomic E-state index is 12.1. The first-order valence-corrected chi connectivity index (χ1v) is 9.26. The van der Waals surface area contributed by atoms with Crippen LogP contribution in [0.4, 0.5) is 13.2 Å². The van der Waals surface area contributed by atoms with Crippen LogP contribution < -0.4 is 5.32 Å². The van der Waals surface area contributed by atoms with E-state index >= 15 is 0 Å². The molecular formula is C21H20F3N3O4. The van der Waals surface area contributed by atoms with Gasteiger partial charge in [0.25, 0.3) is 5.91 Å². The molecule has 0 aliphatic heterocycles. The monoisotopic (exact) mass is 435 g/mol. The molecule has 0 saturated heterocycles. The molecule has 2 aromatic heterocycles. The highest BCUT2D eigenvalue weighted by Gasteiger charge is 2.38. The maximum absolute atomic E-state index is 12.1. The summed E-state index contributed by atoms with van der Waals surface area (Å²) in [5, 5.41) is 13.8. The molecule has 0 radical (unpaired) electrons. The Morgan fingerprint density at radius 3 is 2.29 bits per heavy atom. The Bertz CT molecular complexity index is 961. The zero-order valence-electron chi connectivity index (χ0n) is 16.3. The van der Waals surface area contributed by atoms with Gasteiger partial charge in [0.1, 0.15) is 0 Å². The highest BCUT2D eigenvalue weighted by atomic mass is 19.4. The second-order valence-corrected chi connectivity index (χ2v) is 6.31. The van der Waals surface area contributed by atoms with E-state index < -0.39 is 12.1 Å². The van der Waals surface area contributed by atoms with Crippen molar-refractivity contribution in [3.8, 4) is 11.3 Å². The summed E-state index contributed by atoms with van der Waals surface area (Å²) in [6.45, 7) is 0.622. The molecule has 0 atom stereocenters. The third-order valence-electron chi connectivity index (χ3n) is 3.97. The van der Waals surface area contributed by atoms with E-state index in [4.69, 9.17) is 14.4 Å². The number of aliphatic carboxylic acids is 1. The largest absolute Gasteiger partial charge is 0.490 e. The Morgan fingerprint density at radius 1 is 1.03 bits per heavy atom. The van der Waals surface area contributed by atoms with Crippen molar-refractivity contribution in [1.29, 1.82) is 0 Å². The molecule has 2 N–H and O–H groups in total. The molecule has 0 fully saturated rings. The number of halogens is 3. The average molecular weight is 435 g/mol. The molecule has 0 unspecified atom stereocenters. The lowest BCUT2D eigenvalue weighted by Crippen LogP contribution is -2.24. The predicted molar refractivity (Wildman–Crippen MR) is 105 cm³/mol. The van der Waals surface area contributed by atoms with Crippen molar-refractivity contribution in [3.05, 3.63) is 72.2 Å². The van der Waals surface area contributed by atoms with Gasteiger partial charge in [0.15, 0.2) is 11.5 Å². The van der Waals surface area contributed by atoms with E-state index in [9.17, 15) is 18.0 Å². The number of carbonyl (C=O) groups excluding carboxylic acids is 1. The van der Waals surface area contributed by atoms with Crippen molar-refractivity contribution in [3.63, 3.8) is 0 Å². The summed E-state index contributed by atoms with van der Waals surface area (Å²) >= 11 is 0. The van der Waals surface area contributed by atoms with Crippen LogP contribution in [0.15, 0.2) is 65.4 Å². The fourth-order valence-electron chi connectivity index (χ4n) is 2.42. The number of nitrogens with one attached hydrogen (secondary N) is 1. The van der Waals surface area contributed by atoms with Gasteiger partial charge >= 0.3 is 12.1 Å². The smallest absolute Gasteiger partial charge is 0.475 e. The summed E-state index contributed by atoms with van der Waals surface area (Å²) in [5.74, 6) is -2.37. The van der Waals surface area contributed by atoms with Crippen LogP contribution in [0.1, 0.15) is 28.9 Å². The van der Waals surface area contributed by atoms with Crippen molar-refractivity contribution in [2.75, 3.05) is 6.54 Å². The van der Waals surface area contributed by atoms with E-state index in [-0.39, 0.29) is 5.91 Å². The minimum Gasteiger partial charge on any atom is -0.475 e. The number of rotatable bonds is 7. The van der Waals surface area contributed by atoms with Crippen molar-refractivity contribution >= 4 is 11.9 Å². The van der Waals surface area contributed by atoms with Gasteiger partial charge in [-0.05, 0) is 37.0 Å². The molecule has 3 aromatic rings. The Morgan fingerprint density at radius 2 is 1.68 bits per heavy atom. The van der Waals surface area contributed by atoms with Gasteiger partial charge in [-0.2, -0.15) is 13.2 Å². The second kappa shape index (κ2) is 11.5. The van der Waals surface area contributed by atoms with Crippen LogP contribution >= 0.6 is 0 Å². The maximum Gasteiger partial charge on any atom is 0.490 e. The number of amides is 1. The quantitative estimate of drug-likeness (QED) is 0.541. The summed E-state index contributed by atoms with van der Waals surface area (Å²) in [6.07, 6.45) is 1.42. The first-order chi connectivity index (χ1) is 14.8. The lowest BCUT2D eigenvalue weighted by molar-refractivity contribution is -0.192. The fourth-order valence-corrected chi connectivity index (χ4v) is 2.42. The molecule has 0 spiro atoms. The number of carbonyl (C=O) groups is 2. The number of carboxylic acids is 1. The fraction of sp³-hybridized carbons (Fsp3) is 0.238. The van der Waals surface area contributed by atoms with Gasteiger partial charge in [-0.15, -0.1) is 0 Å². The highest BCUT2D eigenvalue weighted by molar-refractivity contribution is 5.93. The molecule has 10 heteroatoms. The molecule has 0 bridgehead atoms. The zero-order chi connectivity index (χ0) is 22.7. The van der Waals surface area contributed by atoms with Crippen LogP contribution in [-0.4, -0.2) is 39.8 Å². The Balaban J connectivity index is 0.000000423. The van der Waals surface area contributed by atoms with E-state index in [1.807, 2.05) is 42.5 Å². The van der Waals surface area contributed by atoms with Gasteiger partial charge in [0, 0.05) is 30.6 Å². The summed E-state index contributed by atoms with van der Waals surface area (Å²) in [5.41, 5.74) is 2.48. The summed E-state index contributed by atoms with van der Waals surface area (Å²) in [4.78, 5) is 25.0. The Hall–Kier alpha value is -3.69. The Kier molecular flexibility index (Phi) is 8.74. The summed E-state index contributed by atoms with van der Waals surface area (Å²) in [7, 11) is 0. The minimum atomic E-state index is -5.08. The van der Waals surface area contributed by atoms with E-state index in [1.165, 1.54) is 5.56 Å². The first kappa shape index (κ1) is 23.6. The summed E-state index contributed by atoms with van der Waals surface area (Å²) < 4.78 is 37.0. The molecule has 31 heavy (non-hydrogen) atoms. The first-order valence-electron chi connectivity index (χ1n) is 9.26. The zero-order valence-corrected chi connectivity index (χ0v) is 16.3. The number of hydrogen-bond acceptors (Lipinski definition) is 5. The topological polar surface area (TPSA) is 105 Å². The van der Waals surface area contributed by atoms with Gasteiger partial charge in [-0.3, -0.25) is 9.78 Å². The van der Waals surface area contributed by atoms with E-state index in [0.29, 0.717) is 18.0 Å². The van der Waals surface area contributed by atoms with Crippen LogP contribution in [-0.2, 0) is 11.2 Å². The number of hydrogen-bond donors (Lipinski definition) is 2. The van der Waals surface area contributed by atoms with Gasteiger partial charge < -0.3 is 14.9 Å². The van der Waals surface area contributed by atoms with Gasteiger partial charge in [-0.1, -0.05) is 35.5 Å². The minimum absolute atomic E-state index is 0.204. The number of benzene rings is 1. The highest BCUT2D eigenvalue weighted by Crippen LogP contribution is 2.19. The van der Waals surface area contributed by atoms with E-state index in [2.05, 4.69) is 15.5 Å². The molecule has 7 nitrogen and oxygen atoms in total. The molecule has 0 aliphatic carbocycles. The van der Waals surface area contributed by atoms with Crippen LogP contribution in [0, 0.1) is 0 Å². The molecule has 2 heterocycles. The number of unbranched alkanes of at least 4 members (excludes halogenated alkanes) is 1. The second-order valence-electron chi connectivity index (χ2n) is 6.31. The number of pyridine rings is 1. The van der Waals surface area contributed by atoms with Crippen LogP contribution in [0.3, 0.4) is 0 Å². The third-order valence-corrected chi connectivity index (χ3v) is 3.97. The third kappa shape index (κ3) is 8.29. The Labute approximate surface area is 175 Å². The molecule has 164 valence electrons. The van der Waals surface area contributed by atoms with Gasteiger partial charge in [-0.25, -0.2) is 4.79 Å². The molecule has 0 saturated carbocycles. The number of aryl methyl sites for hydroxylation is 1. The molecular weight excluding hydrogens is 415 g/mol. The van der Waals surface area contributed by atoms with Crippen molar-refractivity contribution in [2.24, 2.45) is 0 Å². The number of aromatic nitrogens is 2. The van der Waals surface area contributed by atoms with Gasteiger partial charge in [0.2, 0.25) is 0 Å². The number of carboxylic acid groups (broad SMARTS) is 1. The van der Waals surface area contributed by atoms with Gasteiger partial charge in [0.05, 0.1) is 0 Å². The van der Waals surface area contributed by atoms with E-state index in [0.717, 1.165) is 24.8 Å². The number of alkyl halides is 3. The molecule has 1 aromatic carbocycles. The molecule has 3 rings (SSSR count). The van der Waals surface area contributed by atoms with Crippen LogP contribution in [0.2, 0.25) is 0 Å². The summed E-state index contributed by atoms with van der Waals surface area (Å²) in [6, 6.07) is 15.3. The number of nitrogens with zero attached hydrogens (tertiary/aromatic N) is 2. The average Bonchev–Trinajstić information content (AvgIpc) is 3.25. The predicted octanol–water partition coefficient (Wildman–Crippen LogP) is 4.12. The van der Waals surface area contributed by atoms with E-state index in [1.54, 1.807) is 18.5 Å². The van der Waals surface area contributed by atoms with Crippen molar-refractivity contribution < 1.29 is 32.4 Å². The van der Waals surface area contributed by atoms with Crippen molar-refractivity contribution in [1.82, 2.24) is 15.5 Å². The molecule has 0 aliphatic rings. The lowest BCUT2D eigenvalue weighted by atomic mass is 10.1. The van der Waals surface area contributed by atoms with Crippen LogP contribution in [0.5, 0.6) is 0 Å². The lowest BCUT2D eigenvalue weighted by Gasteiger charge is -2.03. The normalized spacial score (nSPS) is 10.7. The van der Waals surface area contributed by atoms with Crippen LogP contribution in [0.25, 0.3) is 11.3 Å². The molecule has 1 amide bonds. The standard InChI is InChI=1S/C19H19N3O2.C2HF3O2/c23-19(21-11-5-4-6-15-9-12-20-13-10-15)17-14-18(24-22-17)16-7-2-1-3-8-16;3-2(4,5)1(6)7/h1-3,7-10,12-14H,4-6,11H2,(H,21,23);(H,6,7).